The van der Waals surface area contributed by atoms with Gasteiger partial charge in [0.25, 0.3) is 0 Å². The van der Waals surface area contributed by atoms with Crippen molar-refractivity contribution in [2.24, 2.45) is 0 Å². The van der Waals surface area contributed by atoms with Gasteiger partial charge >= 0.3 is 6.61 Å². The van der Waals surface area contributed by atoms with Crippen LogP contribution in [0.4, 0.5) is 8.78 Å². The Balaban J connectivity index is 1.51. The first-order valence-electron chi connectivity index (χ1n) is 9.33. The Morgan fingerprint density at radius 2 is 1.81 bits per heavy atom. The number of nitrogens with zero attached hydrogens (tertiary/aromatic N) is 3. The molecule has 0 fully saturated rings. The minimum atomic E-state index is -2.90. The molecular formula is C22H17F2N3O2S2. The number of thiophene rings is 1. The molecule has 0 atom stereocenters. The Morgan fingerprint density at radius 1 is 1.03 bits per heavy atom. The molecule has 0 unspecified atom stereocenters. The fourth-order valence-electron chi connectivity index (χ4n) is 2.95. The third-order valence-corrected chi connectivity index (χ3v) is 6.17. The second-order valence-electron chi connectivity index (χ2n) is 6.44. The normalized spacial score (nSPS) is 11.1. The number of carbonyl (C=O) groups is 1. The summed E-state index contributed by atoms with van der Waals surface area (Å²) < 4.78 is 30.8. The number of carbonyl (C=O) groups excluding carboxylic acids is 1. The maximum absolute atomic E-state index is 12.6. The van der Waals surface area contributed by atoms with E-state index in [4.69, 9.17) is 0 Å². The molecule has 0 radical (unpaired) electrons. The summed E-state index contributed by atoms with van der Waals surface area (Å²) in [5, 5.41) is 11.3. The van der Waals surface area contributed by atoms with Gasteiger partial charge < -0.3 is 4.74 Å². The molecule has 0 saturated heterocycles. The van der Waals surface area contributed by atoms with E-state index in [2.05, 4.69) is 14.9 Å². The van der Waals surface area contributed by atoms with E-state index in [1.165, 1.54) is 40.9 Å². The largest absolute Gasteiger partial charge is 0.435 e. The van der Waals surface area contributed by atoms with Gasteiger partial charge in [-0.2, -0.15) is 8.78 Å². The zero-order chi connectivity index (χ0) is 21.6. The van der Waals surface area contributed by atoms with Crippen molar-refractivity contribution >= 4 is 28.9 Å². The van der Waals surface area contributed by atoms with Gasteiger partial charge in [0.15, 0.2) is 10.9 Å². The fraction of sp³-hybridized carbons (Fsp3) is 0.136. The topological polar surface area (TPSA) is 57.0 Å². The lowest BCUT2D eigenvalue weighted by Gasteiger charge is -2.10. The van der Waals surface area contributed by atoms with Crippen molar-refractivity contribution in [1.82, 2.24) is 14.8 Å². The van der Waals surface area contributed by atoms with E-state index in [1.807, 2.05) is 52.4 Å². The van der Waals surface area contributed by atoms with E-state index in [0.29, 0.717) is 17.1 Å². The summed E-state index contributed by atoms with van der Waals surface area (Å²) in [5.74, 6) is 0.799. The van der Waals surface area contributed by atoms with E-state index >= 15 is 0 Å². The molecule has 2 heterocycles. The van der Waals surface area contributed by atoms with Crippen LogP contribution in [0.15, 0.2) is 77.3 Å². The smallest absolute Gasteiger partial charge is 0.387 e. The molecule has 4 rings (SSSR count). The van der Waals surface area contributed by atoms with Crippen LogP contribution in [-0.4, -0.2) is 32.9 Å². The highest BCUT2D eigenvalue weighted by Gasteiger charge is 2.17. The Morgan fingerprint density at radius 3 is 2.48 bits per heavy atom. The molecule has 2 aromatic carbocycles. The highest BCUT2D eigenvalue weighted by molar-refractivity contribution is 7.99. The van der Waals surface area contributed by atoms with Crippen LogP contribution in [0.25, 0.3) is 5.69 Å². The molecule has 31 heavy (non-hydrogen) atoms. The molecule has 0 saturated carbocycles. The van der Waals surface area contributed by atoms with Crippen LogP contribution >= 0.6 is 23.1 Å². The van der Waals surface area contributed by atoms with E-state index < -0.39 is 6.61 Å². The van der Waals surface area contributed by atoms with Gasteiger partial charge in [-0.05, 0) is 47.8 Å². The van der Waals surface area contributed by atoms with Gasteiger partial charge in [-0.15, -0.1) is 21.5 Å². The van der Waals surface area contributed by atoms with Gasteiger partial charge in [0, 0.05) is 22.5 Å². The van der Waals surface area contributed by atoms with Crippen LogP contribution < -0.4 is 4.74 Å². The van der Waals surface area contributed by atoms with E-state index in [0.717, 1.165) is 11.5 Å². The lowest BCUT2D eigenvalue weighted by atomic mass is 10.1. The van der Waals surface area contributed by atoms with Crippen LogP contribution in [0.3, 0.4) is 0 Å². The molecule has 158 valence electrons. The summed E-state index contributed by atoms with van der Waals surface area (Å²) >= 11 is 2.94. The SMILES string of the molecule is O=C(CSc1nnc(Cc2cccs2)n1-c1ccccc1)c1ccc(OC(F)F)cc1. The molecule has 2 aromatic heterocycles. The molecule has 0 bridgehead atoms. The summed E-state index contributed by atoms with van der Waals surface area (Å²) in [4.78, 5) is 13.8. The molecule has 4 aromatic rings. The number of Topliss-reactive ketones (excluding diaryl/α,β-unsaturated/α-hetero) is 1. The number of alkyl halides is 2. The first-order valence-corrected chi connectivity index (χ1v) is 11.2. The standard InChI is InChI=1S/C22H17F2N3O2S2/c23-21(24)29-17-10-8-15(9-11-17)19(28)14-31-22-26-25-20(13-18-7-4-12-30-18)27(22)16-5-2-1-3-6-16/h1-12,21H,13-14H2. The van der Waals surface area contributed by atoms with Crippen molar-refractivity contribution < 1.29 is 18.3 Å². The number of hydrogen-bond donors (Lipinski definition) is 0. The number of benzene rings is 2. The van der Waals surface area contributed by atoms with Crippen molar-refractivity contribution in [2.45, 2.75) is 18.2 Å². The lowest BCUT2D eigenvalue weighted by molar-refractivity contribution is -0.0498. The van der Waals surface area contributed by atoms with Gasteiger partial charge in [-0.25, -0.2) is 0 Å². The summed E-state index contributed by atoms with van der Waals surface area (Å²) in [7, 11) is 0. The number of rotatable bonds is 9. The Hall–Kier alpha value is -3.04. The van der Waals surface area contributed by atoms with Crippen LogP contribution in [0, 0.1) is 0 Å². The molecule has 0 N–H and O–H groups in total. The van der Waals surface area contributed by atoms with Crippen molar-refractivity contribution in [3.8, 4) is 11.4 Å². The first-order chi connectivity index (χ1) is 15.1. The maximum Gasteiger partial charge on any atom is 0.387 e. The highest BCUT2D eigenvalue weighted by Crippen LogP contribution is 2.25. The minimum Gasteiger partial charge on any atom is -0.435 e. The molecular weight excluding hydrogens is 440 g/mol. The molecule has 9 heteroatoms. The number of thioether (sulfide) groups is 1. The quantitative estimate of drug-likeness (QED) is 0.246. The summed E-state index contributed by atoms with van der Waals surface area (Å²) in [6.45, 7) is -2.90. The van der Waals surface area contributed by atoms with Gasteiger partial charge in [0.2, 0.25) is 0 Å². The van der Waals surface area contributed by atoms with Crippen LogP contribution in [0.2, 0.25) is 0 Å². The summed E-state index contributed by atoms with van der Waals surface area (Å²) in [6, 6.07) is 19.5. The summed E-state index contributed by atoms with van der Waals surface area (Å²) in [6.07, 6.45) is 0.639. The van der Waals surface area contributed by atoms with Crippen molar-refractivity contribution in [3.05, 3.63) is 88.4 Å². The van der Waals surface area contributed by atoms with Crippen molar-refractivity contribution in [3.63, 3.8) is 0 Å². The van der Waals surface area contributed by atoms with E-state index in [1.54, 1.807) is 11.3 Å². The molecule has 5 nitrogen and oxygen atoms in total. The minimum absolute atomic E-state index is 0.0150. The molecule has 0 spiro atoms. The average molecular weight is 458 g/mol. The van der Waals surface area contributed by atoms with Gasteiger partial charge in [0.1, 0.15) is 11.6 Å². The molecule has 0 amide bonds. The second kappa shape index (κ2) is 9.84. The first kappa shape index (κ1) is 21.2. The number of para-hydroxylation sites is 1. The lowest BCUT2D eigenvalue weighted by Crippen LogP contribution is -2.07. The zero-order valence-corrected chi connectivity index (χ0v) is 17.8. The van der Waals surface area contributed by atoms with E-state index in [-0.39, 0.29) is 17.3 Å². The Bertz CT molecular complexity index is 1130. The number of halogens is 2. The van der Waals surface area contributed by atoms with Crippen LogP contribution in [0.1, 0.15) is 21.1 Å². The monoisotopic (exact) mass is 457 g/mol. The Kier molecular flexibility index (Phi) is 6.73. The molecule has 0 aliphatic carbocycles. The average Bonchev–Trinajstić information content (AvgIpc) is 3.43. The maximum atomic E-state index is 12.6. The van der Waals surface area contributed by atoms with E-state index in [9.17, 15) is 13.6 Å². The predicted octanol–water partition coefficient (Wildman–Crippen LogP) is 5.50. The number of aromatic nitrogens is 3. The fourth-order valence-corrected chi connectivity index (χ4v) is 4.52. The molecule has 0 aliphatic rings. The highest BCUT2D eigenvalue weighted by atomic mass is 32.2. The van der Waals surface area contributed by atoms with Gasteiger partial charge in [-0.1, -0.05) is 36.0 Å². The number of hydrogen-bond acceptors (Lipinski definition) is 6. The zero-order valence-electron chi connectivity index (χ0n) is 16.2. The molecule has 0 aliphatic heterocycles. The summed E-state index contributed by atoms with van der Waals surface area (Å²) in [5.41, 5.74) is 1.33. The third-order valence-electron chi connectivity index (χ3n) is 4.36. The second-order valence-corrected chi connectivity index (χ2v) is 8.42. The van der Waals surface area contributed by atoms with Crippen molar-refractivity contribution in [2.75, 3.05) is 5.75 Å². The predicted molar refractivity (Wildman–Crippen MR) is 117 cm³/mol. The van der Waals surface area contributed by atoms with Crippen LogP contribution in [0.5, 0.6) is 5.75 Å². The number of ether oxygens (including phenoxy) is 1. The van der Waals surface area contributed by atoms with Crippen LogP contribution in [-0.2, 0) is 6.42 Å². The van der Waals surface area contributed by atoms with Gasteiger partial charge in [0.05, 0.1) is 5.75 Å². The number of ketones is 1. The Labute approximate surface area is 185 Å². The third kappa shape index (κ3) is 5.36. The van der Waals surface area contributed by atoms with Crippen molar-refractivity contribution in [1.29, 1.82) is 0 Å². The van der Waals surface area contributed by atoms with Gasteiger partial charge in [-0.3, -0.25) is 9.36 Å².